The lowest BCUT2D eigenvalue weighted by Gasteiger charge is -2.11. The first-order valence-corrected chi connectivity index (χ1v) is 10.5. The molecule has 30 heavy (non-hydrogen) atoms. The van der Waals surface area contributed by atoms with Crippen molar-refractivity contribution in [2.75, 3.05) is 7.11 Å². The van der Waals surface area contributed by atoms with E-state index >= 15 is 0 Å². The fourth-order valence-electron chi connectivity index (χ4n) is 2.55. The van der Waals surface area contributed by atoms with E-state index in [-0.39, 0.29) is 28.8 Å². The van der Waals surface area contributed by atoms with Crippen LogP contribution in [0.1, 0.15) is 16.9 Å². The Bertz CT molecular complexity index is 1130. The van der Waals surface area contributed by atoms with Crippen molar-refractivity contribution in [2.24, 2.45) is 0 Å². The first kappa shape index (κ1) is 21.2. The third-order valence-corrected chi connectivity index (χ3v) is 5.39. The lowest BCUT2D eigenvalue weighted by molar-refractivity contribution is -0.116. The topological polar surface area (TPSA) is 94.8 Å². The van der Waals surface area contributed by atoms with Gasteiger partial charge in [0, 0.05) is 6.08 Å². The standard InChI is InChI=1S/C22H21NO6S/c1-16-5-9-19(10-6-16)30(25,26)29-20-11-7-17(14-21(20)27-2)8-12-22(24)23-15-18-4-3-13-28-18/h3-14H,15H2,1-2H3,(H,23,24)/b12-8+. The molecule has 3 rings (SSSR count). The molecule has 0 saturated carbocycles. The Morgan fingerprint density at radius 1 is 1.10 bits per heavy atom. The minimum atomic E-state index is -4.00. The molecule has 0 saturated heterocycles. The summed E-state index contributed by atoms with van der Waals surface area (Å²) in [5.74, 6) is 0.628. The van der Waals surface area contributed by atoms with Gasteiger partial charge in [-0.1, -0.05) is 23.8 Å². The van der Waals surface area contributed by atoms with Gasteiger partial charge in [0.25, 0.3) is 0 Å². The van der Waals surface area contributed by atoms with E-state index in [0.29, 0.717) is 11.3 Å². The molecular formula is C22H21NO6S. The van der Waals surface area contributed by atoms with Gasteiger partial charge in [0.1, 0.15) is 10.7 Å². The van der Waals surface area contributed by atoms with E-state index in [2.05, 4.69) is 5.32 Å². The molecule has 0 spiro atoms. The quantitative estimate of drug-likeness (QED) is 0.435. The number of methoxy groups -OCH3 is 1. The maximum Gasteiger partial charge on any atom is 0.339 e. The lowest BCUT2D eigenvalue weighted by atomic mass is 10.2. The van der Waals surface area contributed by atoms with E-state index in [1.165, 1.54) is 37.6 Å². The molecule has 1 aromatic heterocycles. The van der Waals surface area contributed by atoms with Gasteiger partial charge in [0.15, 0.2) is 11.5 Å². The van der Waals surface area contributed by atoms with Crippen molar-refractivity contribution in [3.63, 3.8) is 0 Å². The van der Waals surface area contributed by atoms with Crippen molar-refractivity contribution in [3.05, 3.63) is 83.8 Å². The molecule has 7 nitrogen and oxygen atoms in total. The number of furan rings is 1. The van der Waals surface area contributed by atoms with Crippen molar-refractivity contribution < 1.29 is 26.5 Å². The second kappa shape index (κ2) is 9.32. The lowest BCUT2D eigenvalue weighted by Crippen LogP contribution is -2.19. The monoisotopic (exact) mass is 427 g/mol. The van der Waals surface area contributed by atoms with Gasteiger partial charge in [-0.2, -0.15) is 8.42 Å². The van der Waals surface area contributed by atoms with Crippen molar-refractivity contribution in [3.8, 4) is 11.5 Å². The van der Waals surface area contributed by atoms with Crippen molar-refractivity contribution in [1.29, 1.82) is 0 Å². The summed E-state index contributed by atoms with van der Waals surface area (Å²) in [7, 11) is -2.59. The molecule has 1 amide bonds. The number of ether oxygens (including phenoxy) is 1. The number of amides is 1. The van der Waals surface area contributed by atoms with Crippen LogP contribution in [0.4, 0.5) is 0 Å². The summed E-state index contributed by atoms with van der Waals surface area (Å²) in [5.41, 5.74) is 1.58. The van der Waals surface area contributed by atoms with Crippen molar-refractivity contribution in [2.45, 2.75) is 18.4 Å². The summed E-state index contributed by atoms with van der Waals surface area (Å²) < 4.78 is 40.6. The number of hydrogen-bond donors (Lipinski definition) is 1. The summed E-state index contributed by atoms with van der Waals surface area (Å²) >= 11 is 0. The van der Waals surface area contributed by atoms with E-state index in [1.807, 2.05) is 6.92 Å². The third kappa shape index (κ3) is 5.51. The molecule has 0 radical (unpaired) electrons. The number of nitrogens with one attached hydrogen (secondary N) is 1. The fraction of sp³-hybridized carbons (Fsp3) is 0.136. The van der Waals surface area contributed by atoms with Crippen LogP contribution in [0.2, 0.25) is 0 Å². The molecule has 2 aromatic carbocycles. The number of carbonyl (C=O) groups is 1. The maximum absolute atomic E-state index is 12.5. The van der Waals surface area contributed by atoms with Gasteiger partial charge in [-0.15, -0.1) is 0 Å². The first-order chi connectivity index (χ1) is 14.4. The highest BCUT2D eigenvalue weighted by Gasteiger charge is 2.19. The van der Waals surface area contributed by atoms with E-state index < -0.39 is 10.1 Å². The smallest absolute Gasteiger partial charge is 0.339 e. The Labute approximate surface area is 175 Å². The summed E-state index contributed by atoms with van der Waals surface area (Å²) in [4.78, 5) is 12.0. The molecule has 1 N–H and O–H groups in total. The molecule has 0 fully saturated rings. The molecule has 3 aromatic rings. The normalized spacial score (nSPS) is 11.4. The Balaban J connectivity index is 1.69. The largest absolute Gasteiger partial charge is 0.493 e. The zero-order chi connectivity index (χ0) is 21.6. The van der Waals surface area contributed by atoms with Gasteiger partial charge in [-0.3, -0.25) is 4.79 Å². The van der Waals surface area contributed by atoms with Crippen LogP contribution in [-0.4, -0.2) is 21.4 Å². The minimum absolute atomic E-state index is 0.0485. The summed E-state index contributed by atoms with van der Waals surface area (Å²) in [6.07, 6.45) is 4.48. The van der Waals surface area contributed by atoms with Gasteiger partial charge in [-0.05, 0) is 55.0 Å². The van der Waals surface area contributed by atoms with Gasteiger partial charge in [0.05, 0.1) is 19.9 Å². The van der Waals surface area contributed by atoms with Gasteiger partial charge in [-0.25, -0.2) is 0 Å². The van der Waals surface area contributed by atoms with Gasteiger partial charge in [0.2, 0.25) is 5.91 Å². The molecule has 0 bridgehead atoms. The first-order valence-electron chi connectivity index (χ1n) is 9.05. The summed E-state index contributed by atoms with van der Waals surface area (Å²) in [5, 5.41) is 2.69. The van der Waals surface area contributed by atoms with Crippen molar-refractivity contribution in [1.82, 2.24) is 5.32 Å². The van der Waals surface area contributed by atoms with Gasteiger partial charge < -0.3 is 18.7 Å². The minimum Gasteiger partial charge on any atom is -0.493 e. The number of carbonyl (C=O) groups excluding carboxylic acids is 1. The van der Waals surface area contributed by atoms with Crippen LogP contribution < -0.4 is 14.2 Å². The third-order valence-electron chi connectivity index (χ3n) is 4.14. The number of rotatable bonds is 8. The molecule has 0 aliphatic rings. The highest BCUT2D eigenvalue weighted by atomic mass is 32.2. The van der Waals surface area contributed by atoms with E-state index in [0.717, 1.165) is 5.56 Å². The highest BCUT2D eigenvalue weighted by molar-refractivity contribution is 7.87. The SMILES string of the molecule is COc1cc(/C=C/C(=O)NCc2ccco2)ccc1OS(=O)(=O)c1ccc(C)cc1. The van der Waals surface area contributed by atoms with Crippen LogP contribution in [0.5, 0.6) is 11.5 Å². The second-order valence-electron chi connectivity index (χ2n) is 6.39. The fourth-order valence-corrected chi connectivity index (χ4v) is 3.49. The van der Waals surface area contributed by atoms with Crippen LogP contribution >= 0.6 is 0 Å². The zero-order valence-electron chi connectivity index (χ0n) is 16.5. The Morgan fingerprint density at radius 2 is 1.87 bits per heavy atom. The number of aryl methyl sites for hydroxylation is 1. The molecule has 156 valence electrons. The van der Waals surface area contributed by atoms with Gasteiger partial charge >= 0.3 is 10.1 Å². The molecular weight excluding hydrogens is 406 g/mol. The molecule has 0 atom stereocenters. The summed E-state index contributed by atoms with van der Waals surface area (Å²) in [6, 6.07) is 14.5. The van der Waals surface area contributed by atoms with E-state index in [9.17, 15) is 13.2 Å². The average molecular weight is 427 g/mol. The summed E-state index contributed by atoms with van der Waals surface area (Å²) in [6.45, 7) is 2.15. The molecule has 1 heterocycles. The molecule has 8 heteroatoms. The molecule has 0 aliphatic carbocycles. The van der Waals surface area contributed by atoms with E-state index in [4.69, 9.17) is 13.3 Å². The zero-order valence-corrected chi connectivity index (χ0v) is 17.3. The van der Waals surface area contributed by atoms with Crippen LogP contribution in [0, 0.1) is 6.92 Å². The van der Waals surface area contributed by atoms with Crippen LogP contribution in [0.15, 0.2) is 76.2 Å². The second-order valence-corrected chi connectivity index (χ2v) is 7.94. The highest BCUT2D eigenvalue weighted by Crippen LogP contribution is 2.31. The van der Waals surface area contributed by atoms with Crippen LogP contribution in [0.25, 0.3) is 6.08 Å². The Hall–Kier alpha value is -3.52. The Kier molecular flexibility index (Phi) is 6.58. The van der Waals surface area contributed by atoms with Crippen LogP contribution in [0.3, 0.4) is 0 Å². The molecule has 0 unspecified atom stereocenters. The number of hydrogen-bond acceptors (Lipinski definition) is 6. The average Bonchev–Trinajstić information content (AvgIpc) is 3.25. The Morgan fingerprint density at radius 3 is 2.53 bits per heavy atom. The van der Waals surface area contributed by atoms with Crippen molar-refractivity contribution >= 4 is 22.1 Å². The number of benzene rings is 2. The predicted octanol–water partition coefficient (Wildman–Crippen LogP) is 3.69. The molecule has 0 aliphatic heterocycles. The maximum atomic E-state index is 12.5. The predicted molar refractivity (Wildman–Crippen MR) is 112 cm³/mol. The van der Waals surface area contributed by atoms with Crippen LogP contribution in [-0.2, 0) is 21.5 Å². The van der Waals surface area contributed by atoms with E-state index in [1.54, 1.807) is 42.5 Å².